The van der Waals surface area contributed by atoms with Crippen molar-refractivity contribution in [2.24, 2.45) is 5.41 Å². The SMILES string of the molecule is CC/C=C1\C(SC(C)(C)CCC(=O)N(C)C(C)C(=O)O)CC(=O)N1CCC(=O)NCCC(C)(C)OCCC(C)(C)C. The molecule has 2 unspecified atom stereocenters. The number of aliphatic carboxylic acids is 1. The van der Waals surface area contributed by atoms with Gasteiger partial charge in [-0.1, -0.05) is 47.6 Å². The largest absolute Gasteiger partial charge is 0.480 e. The maximum Gasteiger partial charge on any atom is 0.326 e. The second-order valence-electron chi connectivity index (χ2n) is 13.4. The lowest BCUT2D eigenvalue weighted by Gasteiger charge is -2.30. The summed E-state index contributed by atoms with van der Waals surface area (Å²) in [7, 11) is 1.51. The van der Waals surface area contributed by atoms with Gasteiger partial charge in [0.05, 0.1) is 10.9 Å². The summed E-state index contributed by atoms with van der Waals surface area (Å²) in [4.78, 5) is 52.4. The van der Waals surface area contributed by atoms with Crippen molar-refractivity contribution in [1.82, 2.24) is 15.1 Å². The predicted molar refractivity (Wildman–Crippen MR) is 166 cm³/mol. The molecule has 236 valence electrons. The van der Waals surface area contributed by atoms with Gasteiger partial charge in [0.15, 0.2) is 0 Å². The maximum atomic E-state index is 13.0. The fourth-order valence-electron chi connectivity index (χ4n) is 4.42. The minimum absolute atomic E-state index is 0.00488. The molecular formula is C31H55N3O6S. The molecule has 0 aromatic rings. The molecule has 0 aromatic carbocycles. The number of carboxylic acids is 1. The molecular weight excluding hydrogens is 542 g/mol. The maximum absolute atomic E-state index is 13.0. The third kappa shape index (κ3) is 13.6. The number of carboxylic acid groups (broad SMARTS) is 1. The molecule has 0 spiro atoms. The molecule has 2 N–H and O–H groups in total. The monoisotopic (exact) mass is 597 g/mol. The molecule has 41 heavy (non-hydrogen) atoms. The first-order valence-corrected chi connectivity index (χ1v) is 15.7. The number of likely N-dealkylation sites (N-methyl/N-ethyl adjacent to an activating group) is 1. The summed E-state index contributed by atoms with van der Waals surface area (Å²) in [5, 5.41) is 12.1. The first kappa shape index (κ1) is 37.0. The Morgan fingerprint density at radius 1 is 1.12 bits per heavy atom. The lowest BCUT2D eigenvalue weighted by Crippen LogP contribution is -2.40. The van der Waals surface area contributed by atoms with Crippen molar-refractivity contribution in [2.45, 2.75) is 129 Å². The van der Waals surface area contributed by atoms with E-state index in [2.05, 4.69) is 32.2 Å². The van der Waals surface area contributed by atoms with E-state index >= 15 is 0 Å². The van der Waals surface area contributed by atoms with Crippen LogP contribution in [0, 0.1) is 5.41 Å². The van der Waals surface area contributed by atoms with Crippen LogP contribution in [0.3, 0.4) is 0 Å². The van der Waals surface area contributed by atoms with Gasteiger partial charge in [0.2, 0.25) is 17.7 Å². The van der Waals surface area contributed by atoms with Crippen molar-refractivity contribution in [3.05, 3.63) is 11.8 Å². The van der Waals surface area contributed by atoms with E-state index < -0.39 is 12.0 Å². The zero-order valence-electron chi connectivity index (χ0n) is 27.1. The summed E-state index contributed by atoms with van der Waals surface area (Å²) in [5.74, 6) is -1.33. The van der Waals surface area contributed by atoms with Gasteiger partial charge in [-0.25, -0.2) is 4.79 Å². The first-order chi connectivity index (χ1) is 18.8. The van der Waals surface area contributed by atoms with Crippen LogP contribution in [0.5, 0.6) is 0 Å². The minimum Gasteiger partial charge on any atom is -0.480 e. The smallest absolute Gasteiger partial charge is 0.326 e. The molecule has 0 aromatic heterocycles. The Bertz CT molecular complexity index is 941. The Morgan fingerprint density at radius 2 is 1.76 bits per heavy atom. The lowest BCUT2D eigenvalue weighted by atomic mass is 9.93. The summed E-state index contributed by atoms with van der Waals surface area (Å²) >= 11 is 1.66. The molecule has 1 saturated heterocycles. The number of nitrogens with zero attached hydrogens (tertiary/aromatic N) is 2. The van der Waals surface area contributed by atoms with Crippen molar-refractivity contribution in [2.75, 3.05) is 26.7 Å². The van der Waals surface area contributed by atoms with Gasteiger partial charge in [0, 0.05) is 56.5 Å². The van der Waals surface area contributed by atoms with Crippen LogP contribution in [0.15, 0.2) is 11.8 Å². The average Bonchev–Trinajstić information content (AvgIpc) is 3.12. The molecule has 1 fully saturated rings. The summed E-state index contributed by atoms with van der Waals surface area (Å²) in [6, 6.07) is -0.881. The standard InChI is InChI=1S/C31H55N3O6S/c1-11-12-23-24(41-31(8,9)15-13-26(36)33(10)22(2)28(38)39)21-27(37)34(23)19-14-25(35)32-18-16-30(6,7)40-20-17-29(3,4)5/h12,22,24H,11,13-21H2,1-10H3,(H,32,35)(H,38,39)/b23-12+. The zero-order chi connectivity index (χ0) is 31.6. The number of hydrogen-bond donors (Lipinski definition) is 2. The van der Waals surface area contributed by atoms with E-state index in [4.69, 9.17) is 4.74 Å². The first-order valence-electron chi connectivity index (χ1n) is 14.9. The van der Waals surface area contributed by atoms with Crippen LogP contribution in [0.4, 0.5) is 0 Å². The van der Waals surface area contributed by atoms with E-state index in [1.54, 1.807) is 16.7 Å². The summed E-state index contributed by atoms with van der Waals surface area (Å²) < 4.78 is 5.73. The van der Waals surface area contributed by atoms with Gasteiger partial charge in [-0.3, -0.25) is 14.4 Å². The Hall–Kier alpha value is -2.07. The Morgan fingerprint density at radius 3 is 2.32 bits per heavy atom. The second kappa shape index (κ2) is 16.0. The second-order valence-corrected chi connectivity index (χ2v) is 15.4. The Balaban J connectivity index is 2.63. The molecule has 0 saturated carbocycles. The average molecular weight is 598 g/mol. The highest BCUT2D eigenvalue weighted by Gasteiger charge is 2.38. The van der Waals surface area contributed by atoms with E-state index in [0.29, 0.717) is 39.0 Å². The number of rotatable bonds is 17. The third-order valence-corrected chi connectivity index (χ3v) is 8.94. The molecule has 2 atom stereocenters. The van der Waals surface area contributed by atoms with Gasteiger partial charge in [0.1, 0.15) is 6.04 Å². The van der Waals surface area contributed by atoms with Gasteiger partial charge in [-0.15, -0.1) is 11.8 Å². The van der Waals surface area contributed by atoms with E-state index in [9.17, 15) is 24.3 Å². The molecule has 9 nitrogen and oxygen atoms in total. The fourth-order valence-corrected chi connectivity index (χ4v) is 5.98. The van der Waals surface area contributed by atoms with E-state index in [1.807, 2.05) is 34.6 Å². The highest BCUT2D eigenvalue weighted by atomic mass is 32.2. The van der Waals surface area contributed by atoms with Crippen molar-refractivity contribution >= 4 is 35.5 Å². The Kier molecular flexibility index (Phi) is 14.4. The van der Waals surface area contributed by atoms with Crippen LogP contribution in [0.25, 0.3) is 0 Å². The summed E-state index contributed by atoms with van der Waals surface area (Å²) in [6.45, 7) is 19.8. The van der Waals surface area contributed by atoms with Crippen LogP contribution >= 0.6 is 11.8 Å². The number of ether oxygens (including phenoxy) is 1. The number of nitrogens with one attached hydrogen (secondary N) is 1. The van der Waals surface area contributed by atoms with Gasteiger partial charge < -0.3 is 25.0 Å². The van der Waals surface area contributed by atoms with E-state index in [1.165, 1.54) is 18.9 Å². The molecule has 0 aliphatic carbocycles. The van der Waals surface area contributed by atoms with E-state index in [0.717, 1.165) is 18.5 Å². The van der Waals surface area contributed by atoms with Gasteiger partial charge in [0.25, 0.3) is 0 Å². The molecule has 0 radical (unpaired) electrons. The van der Waals surface area contributed by atoms with Gasteiger partial charge >= 0.3 is 5.97 Å². The number of likely N-dealkylation sites (tertiary alicyclic amines) is 1. The number of carbonyl (C=O) groups is 4. The molecule has 3 amide bonds. The highest BCUT2D eigenvalue weighted by Crippen LogP contribution is 2.42. The molecule has 10 heteroatoms. The van der Waals surface area contributed by atoms with Crippen LogP contribution in [0.1, 0.15) is 107 Å². The normalized spacial score (nSPS) is 18.1. The third-order valence-electron chi connectivity index (χ3n) is 7.41. The number of hydrogen-bond acceptors (Lipinski definition) is 6. The number of allylic oxidation sites excluding steroid dienone is 1. The zero-order valence-corrected chi connectivity index (χ0v) is 27.9. The van der Waals surface area contributed by atoms with Crippen molar-refractivity contribution < 1.29 is 29.0 Å². The molecule has 1 rings (SSSR count). The van der Waals surface area contributed by atoms with Crippen molar-refractivity contribution in [1.29, 1.82) is 0 Å². The topological polar surface area (TPSA) is 116 Å². The van der Waals surface area contributed by atoms with Gasteiger partial charge in [-0.2, -0.15) is 0 Å². The molecule has 1 heterocycles. The number of carbonyl (C=O) groups excluding carboxylic acids is 3. The minimum atomic E-state index is -1.04. The Labute approximate surface area is 252 Å². The number of thioether (sulfide) groups is 1. The quantitative estimate of drug-likeness (QED) is 0.236. The van der Waals surface area contributed by atoms with Crippen LogP contribution in [-0.4, -0.2) is 87.0 Å². The van der Waals surface area contributed by atoms with E-state index in [-0.39, 0.29) is 51.6 Å². The summed E-state index contributed by atoms with van der Waals surface area (Å²) in [6.07, 6.45) is 5.85. The van der Waals surface area contributed by atoms with Crippen LogP contribution < -0.4 is 5.32 Å². The lowest BCUT2D eigenvalue weighted by molar-refractivity contribution is -0.148. The van der Waals surface area contributed by atoms with Crippen LogP contribution in [0.2, 0.25) is 0 Å². The summed E-state index contributed by atoms with van der Waals surface area (Å²) in [5.41, 5.74) is 0.819. The molecule has 0 bridgehead atoms. The van der Waals surface area contributed by atoms with Crippen molar-refractivity contribution in [3.63, 3.8) is 0 Å². The molecule has 1 aliphatic rings. The predicted octanol–water partition coefficient (Wildman–Crippen LogP) is 5.23. The highest BCUT2D eigenvalue weighted by molar-refractivity contribution is 8.01. The van der Waals surface area contributed by atoms with Gasteiger partial charge in [-0.05, 0) is 51.9 Å². The fraction of sp³-hybridized carbons (Fsp3) is 0.806. The number of amides is 3. The van der Waals surface area contributed by atoms with Crippen molar-refractivity contribution in [3.8, 4) is 0 Å². The van der Waals surface area contributed by atoms with Crippen LogP contribution in [-0.2, 0) is 23.9 Å². The molecule has 1 aliphatic heterocycles.